The summed E-state index contributed by atoms with van der Waals surface area (Å²) >= 11 is 0. The molecular weight excluding hydrogens is 262 g/mol. The molecule has 21 heavy (non-hydrogen) atoms. The largest absolute Gasteiger partial charge is 0.370 e. The van der Waals surface area contributed by atoms with Crippen LogP contribution in [0.15, 0.2) is 6.07 Å². The van der Waals surface area contributed by atoms with Crippen LogP contribution in [0.3, 0.4) is 0 Å². The van der Waals surface area contributed by atoms with Crippen LogP contribution < -0.4 is 5.32 Å². The minimum absolute atomic E-state index is 0.671. The summed E-state index contributed by atoms with van der Waals surface area (Å²) < 4.78 is 0. The Morgan fingerprint density at radius 2 is 2.00 bits per heavy atom. The van der Waals surface area contributed by atoms with Crippen molar-refractivity contribution < 1.29 is 0 Å². The molecule has 0 saturated heterocycles. The van der Waals surface area contributed by atoms with Gasteiger partial charge in [-0.3, -0.25) is 5.10 Å². The van der Waals surface area contributed by atoms with Crippen molar-refractivity contribution in [1.82, 2.24) is 15.2 Å². The molecule has 0 spiro atoms. The van der Waals surface area contributed by atoms with E-state index in [-0.39, 0.29) is 0 Å². The maximum atomic E-state index is 9.04. The van der Waals surface area contributed by atoms with E-state index < -0.39 is 0 Å². The Morgan fingerprint density at radius 3 is 2.57 bits per heavy atom. The van der Waals surface area contributed by atoms with Crippen molar-refractivity contribution in [2.24, 2.45) is 0 Å². The SMILES string of the molecule is Cc1cc(NCCCc2c(C)n[nH]c2C)nc(C)c1C#N. The van der Waals surface area contributed by atoms with Gasteiger partial charge in [-0.2, -0.15) is 10.4 Å². The number of nitrogens with one attached hydrogen (secondary N) is 2. The van der Waals surface area contributed by atoms with Crippen LogP contribution in [0.5, 0.6) is 0 Å². The predicted molar refractivity (Wildman–Crippen MR) is 83.3 cm³/mol. The highest BCUT2D eigenvalue weighted by atomic mass is 15.1. The first kappa shape index (κ1) is 15.0. The summed E-state index contributed by atoms with van der Waals surface area (Å²) in [6, 6.07) is 4.12. The molecule has 0 bridgehead atoms. The van der Waals surface area contributed by atoms with Crippen LogP contribution in [0.25, 0.3) is 0 Å². The highest BCUT2D eigenvalue weighted by Gasteiger charge is 2.07. The Morgan fingerprint density at radius 1 is 1.24 bits per heavy atom. The quantitative estimate of drug-likeness (QED) is 0.827. The Labute approximate surface area is 125 Å². The zero-order valence-electron chi connectivity index (χ0n) is 13.0. The van der Waals surface area contributed by atoms with Crippen LogP contribution in [-0.4, -0.2) is 21.7 Å². The zero-order chi connectivity index (χ0) is 15.4. The van der Waals surface area contributed by atoms with Crippen LogP contribution in [-0.2, 0) is 6.42 Å². The summed E-state index contributed by atoms with van der Waals surface area (Å²) in [5.74, 6) is 0.838. The molecule has 0 fully saturated rings. The lowest BCUT2D eigenvalue weighted by atomic mass is 10.1. The Balaban J connectivity index is 1.91. The van der Waals surface area contributed by atoms with Crippen LogP contribution in [0.4, 0.5) is 5.82 Å². The van der Waals surface area contributed by atoms with Crippen molar-refractivity contribution in [3.63, 3.8) is 0 Å². The molecular formula is C16H21N5. The van der Waals surface area contributed by atoms with E-state index >= 15 is 0 Å². The van der Waals surface area contributed by atoms with Gasteiger partial charge in [0, 0.05) is 12.2 Å². The molecule has 0 aliphatic rings. The molecule has 2 rings (SSSR count). The summed E-state index contributed by atoms with van der Waals surface area (Å²) in [5, 5.41) is 19.6. The Hall–Kier alpha value is -2.35. The van der Waals surface area contributed by atoms with Gasteiger partial charge in [-0.1, -0.05) is 0 Å². The lowest BCUT2D eigenvalue weighted by Gasteiger charge is -2.09. The van der Waals surface area contributed by atoms with Crippen LogP contribution in [0, 0.1) is 39.0 Å². The number of nitriles is 1. The second kappa shape index (κ2) is 6.40. The normalized spacial score (nSPS) is 10.4. The molecule has 0 aromatic carbocycles. The van der Waals surface area contributed by atoms with E-state index in [1.165, 1.54) is 5.56 Å². The number of aromatic nitrogens is 3. The predicted octanol–water partition coefficient (Wildman–Crippen LogP) is 2.95. The van der Waals surface area contributed by atoms with Gasteiger partial charge < -0.3 is 5.32 Å². The number of H-pyrrole nitrogens is 1. The second-order valence-corrected chi connectivity index (χ2v) is 5.34. The molecule has 0 unspecified atom stereocenters. The lowest BCUT2D eigenvalue weighted by molar-refractivity contribution is 0.847. The molecule has 0 aliphatic carbocycles. The standard InChI is InChI=1S/C16H21N5/c1-10-8-16(19-11(2)15(10)9-17)18-7-5-6-14-12(3)20-21-13(14)4/h8H,5-7H2,1-4H3,(H,18,19)(H,20,21). The van der Waals surface area contributed by atoms with Gasteiger partial charge in [0.25, 0.3) is 0 Å². The third-order valence-electron chi connectivity index (χ3n) is 3.70. The first-order valence-corrected chi connectivity index (χ1v) is 7.15. The molecule has 0 radical (unpaired) electrons. The number of pyridine rings is 1. The summed E-state index contributed by atoms with van der Waals surface area (Å²) in [6.45, 7) is 8.74. The molecule has 0 saturated carbocycles. The average molecular weight is 283 g/mol. The number of aryl methyl sites for hydroxylation is 4. The number of nitrogens with zero attached hydrogens (tertiary/aromatic N) is 3. The van der Waals surface area contributed by atoms with Gasteiger partial charge in [0.05, 0.1) is 17.0 Å². The van der Waals surface area contributed by atoms with Crippen molar-refractivity contribution in [2.75, 3.05) is 11.9 Å². The van der Waals surface area contributed by atoms with Crippen LogP contribution >= 0.6 is 0 Å². The van der Waals surface area contributed by atoms with E-state index in [1.807, 2.05) is 26.8 Å². The third-order valence-corrected chi connectivity index (χ3v) is 3.70. The van der Waals surface area contributed by atoms with E-state index in [4.69, 9.17) is 5.26 Å². The summed E-state index contributed by atoms with van der Waals surface area (Å²) in [4.78, 5) is 4.42. The number of hydrogen-bond acceptors (Lipinski definition) is 4. The smallest absolute Gasteiger partial charge is 0.126 e. The van der Waals surface area contributed by atoms with Crippen LogP contribution in [0.1, 0.15) is 40.2 Å². The molecule has 2 heterocycles. The first-order chi connectivity index (χ1) is 10.0. The summed E-state index contributed by atoms with van der Waals surface area (Å²) in [7, 11) is 0. The molecule has 0 atom stereocenters. The zero-order valence-corrected chi connectivity index (χ0v) is 13.0. The van der Waals surface area contributed by atoms with E-state index in [1.54, 1.807) is 0 Å². The minimum atomic E-state index is 0.671. The van der Waals surface area contributed by atoms with Gasteiger partial charge in [-0.15, -0.1) is 0 Å². The van der Waals surface area contributed by atoms with Gasteiger partial charge in [-0.25, -0.2) is 4.98 Å². The van der Waals surface area contributed by atoms with Gasteiger partial charge in [0.15, 0.2) is 0 Å². The fraction of sp³-hybridized carbons (Fsp3) is 0.438. The van der Waals surface area contributed by atoms with Crippen molar-refractivity contribution >= 4 is 5.82 Å². The maximum Gasteiger partial charge on any atom is 0.126 e. The fourth-order valence-electron chi connectivity index (χ4n) is 2.52. The van der Waals surface area contributed by atoms with E-state index in [2.05, 4.69) is 33.5 Å². The highest BCUT2D eigenvalue weighted by Crippen LogP contribution is 2.16. The Kier molecular flexibility index (Phi) is 4.59. The second-order valence-electron chi connectivity index (χ2n) is 5.34. The molecule has 0 aliphatic heterocycles. The van der Waals surface area contributed by atoms with E-state index in [0.29, 0.717) is 5.56 Å². The number of aromatic amines is 1. The van der Waals surface area contributed by atoms with Crippen molar-refractivity contribution in [1.29, 1.82) is 5.26 Å². The van der Waals surface area contributed by atoms with E-state index in [0.717, 1.165) is 47.8 Å². The van der Waals surface area contributed by atoms with Crippen molar-refractivity contribution in [2.45, 2.75) is 40.5 Å². The van der Waals surface area contributed by atoms with Crippen molar-refractivity contribution in [3.8, 4) is 6.07 Å². The molecule has 2 N–H and O–H groups in total. The molecule has 2 aromatic heterocycles. The van der Waals surface area contributed by atoms with Gasteiger partial charge >= 0.3 is 0 Å². The molecule has 0 amide bonds. The first-order valence-electron chi connectivity index (χ1n) is 7.15. The molecule has 2 aromatic rings. The van der Waals surface area contributed by atoms with Gasteiger partial charge in [0.2, 0.25) is 0 Å². The Bertz CT molecular complexity index is 636. The number of anilines is 1. The number of hydrogen-bond donors (Lipinski definition) is 2. The topological polar surface area (TPSA) is 77.4 Å². The minimum Gasteiger partial charge on any atom is -0.370 e. The average Bonchev–Trinajstić information content (AvgIpc) is 2.74. The van der Waals surface area contributed by atoms with Gasteiger partial charge in [0.1, 0.15) is 11.9 Å². The van der Waals surface area contributed by atoms with Crippen LogP contribution in [0.2, 0.25) is 0 Å². The summed E-state index contributed by atoms with van der Waals surface area (Å²) in [5.41, 5.74) is 5.95. The van der Waals surface area contributed by atoms with Gasteiger partial charge in [-0.05, 0) is 57.7 Å². The van der Waals surface area contributed by atoms with E-state index in [9.17, 15) is 0 Å². The highest BCUT2D eigenvalue weighted by molar-refractivity contribution is 5.48. The summed E-state index contributed by atoms with van der Waals surface area (Å²) in [6.07, 6.45) is 2.01. The maximum absolute atomic E-state index is 9.04. The monoisotopic (exact) mass is 283 g/mol. The lowest BCUT2D eigenvalue weighted by Crippen LogP contribution is -2.07. The van der Waals surface area contributed by atoms with Crippen molar-refractivity contribution in [3.05, 3.63) is 39.8 Å². The third kappa shape index (κ3) is 3.40. The molecule has 5 heteroatoms. The molecule has 110 valence electrons. The molecule has 5 nitrogen and oxygen atoms in total. The fourth-order valence-corrected chi connectivity index (χ4v) is 2.52. The number of rotatable bonds is 5.